The number of nitro groups is 1. The highest BCUT2D eigenvalue weighted by Crippen LogP contribution is 2.26. The Balaban J connectivity index is 0.000000233. The first-order valence-corrected chi connectivity index (χ1v) is 17.3. The Morgan fingerprint density at radius 1 is 0.745 bits per heavy atom. The van der Waals surface area contributed by atoms with Crippen molar-refractivity contribution < 1.29 is 41.6 Å². The molecule has 0 fully saturated rings. The monoisotopic (exact) mass is 733 g/mol. The van der Waals surface area contributed by atoms with Gasteiger partial charge in [0.05, 0.1) is 26.1 Å². The number of azo groups is 1. The Labute approximate surface area is 290 Å². The second-order valence-electron chi connectivity index (χ2n) is 10.1. The Hall–Kier alpha value is -6.73. The summed E-state index contributed by atoms with van der Waals surface area (Å²) < 4.78 is 53.8. The number of carboxylic acids is 1. The molecule has 4 aromatic carbocycles. The minimum atomic E-state index is -3.82. The number of benzene rings is 4. The molecule has 0 atom stereocenters. The lowest BCUT2D eigenvalue weighted by Gasteiger charge is -2.09. The number of nitro benzene ring substituents is 1. The van der Waals surface area contributed by atoms with Crippen molar-refractivity contribution in [3.05, 3.63) is 131 Å². The zero-order chi connectivity index (χ0) is 37.2. The summed E-state index contributed by atoms with van der Waals surface area (Å²) in [5, 5.41) is 39.4. The number of nitrogens with zero attached hydrogens (tertiary/aromatic N) is 4. The molecule has 0 bridgehead atoms. The second-order valence-corrected chi connectivity index (χ2v) is 13.5. The number of sulfonamides is 2. The van der Waals surface area contributed by atoms with Gasteiger partial charge in [0.1, 0.15) is 17.1 Å². The number of aromatic hydroxyl groups is 1. The first-order valence-electron chi connectivity index (χ1n) is 14.3. The average Bonchev–Trinajstić information content (AvgIpc) is 3.08. The lowest BCUT2D eigenvalue weighted by atomic mass is 10.2. The number of carboxylic acid groups (broad SMARTS) is 1. The van der Waals surface area contributed by atoms with Crippen LogP contribution in [0, 0.1) is 10.1 Å². The maximum Gasteiger partial charge on any atom is 0.339 e. The average molecular weight is 734 g/mol. The van der Waals surface area contributed by atoms with E-state index in [-0.39, 0.29) is 49.9 Å². The summed E-state index contributed by atoms with van der Waals surface area (Å²) in [7, 11) is -7.62. The molecule has 0 radical (unpaired) electrons. The Kier molecular flexibility index (Phi) is 11.7. The number of non-ortho nitro benzene ring substituents is 1. The van der Waals surface area contributed by atoms with E-state index in [2.05, 4.69) is 30.0 Å². The van der Waals surface area contributed by atoms with Gasteiger partial charge in [-0.15, -0.1) is 0 Å². The van der Waals surface area contributed by atoms with Crippen LogP contribution in [0.25, 0.3) is 0 Å². The lowest BCUT2D eigenvalue weighted by molar-refractivity contribution is -0.384. The number of hydrogen-bond acceptors (Lipinski definition) is 12. The molecule has 19 heteroatoms. The third-order valence-electron chi connectivity index (χ3n) is 6.36. The summed E-state index contributed by atoms with van der Waals surface area (Å²) in [6.45, 7) is 1.35. The highest BCUT2D eigenvalue weighted by atomic mass is 32.2. The largest absolute Gasteiger partial charge is 0.507 e. The molecule has 1 heterocycles. The molecule has 0 aliphatic heterocycles. The molecular formula is C32H27N7O10S2. The van der Waals surface area contributed by atoms with Crippen LogP contribution in [-0.4, -0.2) is 48.8 Å². The molecule has 1 aromatic heterocycles. The first kappa shape index (κ1) is 37.1. The van der Waals surface area contributed by atoms with Gasteiger partial charge in [0.15, 0.2) is 0 Å². The lowest BCUT2D eigenvalue weighted by Crippen LogP contribution is -2.13. The van der Waals surface area contributed by atoms with Crippen LogP contribution in [0.4, 0.5) is 34.3 Å². The van der Waals surface area contributed by atoms with Crippen LogP contribution in [0.2, 0.25) is 0 Å². The highest BCUT2D eigenvalue weighted by molar-refractivity contribution is 7.93. The van der Waals surface area contributed by atoms with Crippen LogP contribution in [0.5, 0.6) is 5.75 Å². The van der Waals surface area contributed by atoms with Gasteiger partial charge in [-0.25, -0.2) is 26.6 Å². The van der Waals surface area contributed by atoms with E-state index in [0.717, 1.165) is 0 Å². The van der Waals surface area contributed by atoms with Gasteiger partial charge in [0, 0.05) is 36.6 Å². The van der Waals surface area contributed by atoms with E-state index in [1.54, 1.807) is 12.1 Å². The summed E-state index contributed by atoms with van der Waals surface area (Å²) in [6.07, 6.45) is 1.47. The zero-order valence-corrected chi connectivity index (χ0v) is 27.9. The number of amides is 1. The molecule has 5 rings (SSSR count). The maximum atomic E-state index is 12.3. The minimum Gasteiger partial charge on any atom is -0.507 e. The smallest absolute Gasteiger partial charge is 0.339 e. The number of phenols is 1. The van der Waals surface area contributed by atoms with E-state index in [4.69, 9.17) is 5.11 Å². The van der Waals surface area contributed by atoms with Crippen LogP contribution >= 0.6 is 0 Å². The van der Waals surface area contributed by atoms with E-state index in [9.17, 15) is 41.6 Å². The number of carbonyl (C=O) groups is 2. The predicted octanol–water partition coefficient (Wildman–Crippen LogP) is 6.06. The SMILES string of the molecule is CC(=O)Nc1ccc(S(=O)(=O)Nc2ccc([N+](=O)[O-])cc2)cc1.O=C(O)c1cc(N=Nc2ccc(S(=O)(=O)Nc3ccccn3)cc2)ccc1O. The number of hydrogen-bond donors (Lipinski definition) is 5. The van der Waals surface area contributed by atoms with Gasteiger partial charge in [-0.3, -0.25) is 24.4 Å². The molecule has 0 spiro atoms. The van der Waals surface area contributed by atoms with Crippen molar-refractivity contribution in [1.82, 2.24) is 4.98 Å². The van der Waals surface area contributed by atoms with Crippen molar-refractivity contribution in [2.24, 2.45) is 10.2 Å². The van der Waals surface area contributed by atoms with Crippen molar-refractivity contribution >= 4 is 66.2 Å². The summed E-state index contributed by atoms with van der Waals surface area (Å²) >= 11 is 0. The van der Waals surface area contributed by atoms with Crippen LogP contribution in [0.15, 0.2) is 135 Å². The van der Waals surface area contributed by atoms with Gasteiger partial charge in [-0.1, -0.05) is 6.07 Å². The van der Waals surface area contributed by atoms with Crippen LogP contribution in [-0.2, 0) is 24.8 Å². The van der Waals surface area contributed by atoms with Crippen LogP contribution < -0.4 is 14.8 Å². The molecule has 0 saturated carbocycles. The van der Waals surface area contributed by atoms with Crippen molar-refractivity contribution in [3.8, 4) is 5.75 Å². The third kappa shape index (κ3) is 10.6. The fourth-order valence-corrected chi connectivity index (χ4v) is 6.04. The van der Waals surface area contributed by atoms with Crippen molar-refractivity contribution in [2.45, 2.75) is 16.7 Å². The van der Waals surface area contributed by atoms with Crippen molar-refractivity contribution in [3.63, 3.8) is 0 Å². The number of aromatic nitrogens is 1. The summed E-state index contributed by atoms with van der Waals surface area (Å²) in [4.78, 5) is 35.9. The van der Waals surface area contributed by atoms with E-state index >= 15 is 0 Å². The molecule has 1 amide bonds. The molecule has 0 aliphatic rings. The standard InChI is InChI=1S/C18H14N4O5S.C14H13N3O5S/c23-16-9-6-13(11-15(16)18(24)25)21-20-12-4-7-14(8-5-12)28(26,27)22-17-3-1-2-10-19-17;1-10(18)15-11-4-8-14(9-5-11)23(21,22)16-12-2-6-13(7-3-12)17(19)20/h1-11,23H,(H,19,22)(H,24,25);2-9,16H,1H3,(H,15,18). The van der Waals surface area contributed by atoms with Crippen molar-refractivity contribution in [1.29, 1.82) is 0 Å². The Morgan fingerprint density at radius 3 is 1.84 bits per heavy atom. The molecule has 51 heavy (non-hydrogen) atoms. The summed E-state index contributed by atoms with van der Waals surface area (Å²) in [5.41, 5.74) is 0.852. The Morgan fingerprint density at radius 2 is 1.29 bits per heavy atom. The number of carbonyl (C=O) groups excluding carboxylic acids is 1. The topological polar surface area (TPSA) is 260 Å². The molecule has 262 valence electrons. The molecule has 0 aliphatic carbocycles. The van der Waals surface area contributed by atoms with Gasteiger partial charge in [-0.05, 0) is 91.0 Å². The number of pyridine rings is 1. The molecular weight excluding hydrogens is 707 g/mol. The number of rotatable bonds is 11. The summed E-state index contributed by atoms with van der Waals surface area (Å²) in [5.74, 6) is -1.72. The molecule has 0 saturated heterocycles. The normalized spacial score (nSPS) is 11.2. The number of nitrogens with one attached hydrogen (secondary N) is 3. The van der Waals surface area contributed by atoms with E-state index in [0.29, 0.717) is 11.4 Å². The molecule has 5 N–H and O–H groups in total. The third-order valence-corrected chi connectivity index (χ3v) is 9.13. The predicted molar refractivity (Wildman–Crippen MR) is 185 cm³/mol. The van der Waals surface area contributed by atoms with Gasteiger partial charge in [-0.2, -0.15) is 10.2 Å². The van der Waals surface area contributed by atoms with Crippen LogP contribution in [0.3, 0.4) is 0 Å². The maximum absolute atomic E-state index is 12.3. The molecule has 0 unspecified atom stereocenters. The van der Waals surface area contributed by atoms with Gasteiger partial charge in [0.25, 0.3) is 25.7 Å². The summed E-state index contributed by atoms with van der Waals surface area (Å²) in [6, 6.07) is 24.9. The van der Waals surface area contributed by atoms with Gasteiger partial charge in [0.2, 0.25) is 5.91 Å². The molecule has 17 nitrogen and oxygen atoms in total. The van der Waals surface area contributed by atoms with Crippen LogP contribution in [0.1, 0.15) is 17.3 Å². The fraction of sp³-hybridized carbons (Fsp3) is 0.0312. The Bertz CT molecular complexity index is 2290. The quantitative estimate of drug-likeness (QED) is 0.0592. The van der Waals surface area contributed by atoms with E-state index in [1.165, 1.54) is 110 Å². The number of aromatic carboxylic acids is 1. The zero-order valence-electron chi connectivity index (χ0n) is 26.2. The minimum absolute atomic E-state index is 0.00459. The highest BCUT2D eigenvalue weighted by Gasteiger charge is 2.16. The van der Waals surface area contributed by atoms with Gasteiger partial charge >= 0.3 is 5.97 Å². The fourth-order valence-electron chi connectivity index (χ4n) is 3.97. The number of anilines is 3. The molecule has 5 aromatic rings. The first-order chi connectivity index (χ1) is 24.1. The second kappa shape index (κ2) is 16.1. The van der Waals surface area contributed by atoms with Gasteiger partial charge < -0.3 is 15.5 Å². The van der Waals surface area contributed by atoms with E-state index < -0.39 is 30.9 Å². The van der Waals surface area contributed by atoms with E-state index in [1.807, 2.05) is 0 Å². The van der Waals surface area contributed by atoms with Crippen molar-refractivity contribution in [2.75, 3.05) is 14.8 Å².